The van der Waals surface area contributed by atoms with Crippen LogP contribution in [0, 0.1) is 5.41 Å². The summed E-state index contributed by atoms with van der Waals surface area (Å²) in [5.74, 6) is -1.10. The Labute approximate surface area is 179 Å². The largest absolute Gasteiger partial charge is 0.444 e. The molecule has 1 saturated carbocycles. The number of carbonyl (C=O) groups excluding carboxylic acids is 2. The third-order valence-electron chi connectivity index (χ3n) is 6.76. The lowest BCUT2D eigenvalue weighted by Crippen LogP contribution is -2.59. The number of nitrogens with zero attached hydrogens (tertiary/aromatic N) is 1. The Morgan fingerprint density at radius 2 is 1.83 bits per heavy atom. The molecule has 0 spiro atoms. The quantitative estimate of drug-likeness (QED) is 0.658. The summed E-state index contributed by atoms with van der Waals surface area (Å²) in [6, 6.07) is -0.993. The number of nitrogens with one attached hydrogen (secondary N) is 1. The van der Waals surface area contributed by atoms with Crippen LogP contribution in [0.15, 0.2) is 0 Å². The van der Waals surface area contributed by atoms with Crippen LogP contribution in [0.3, 0.4) is 0 Å². The molecule has 1 aliphatic carbocycles. The highest BCUT2D eigenvalue weighted by Crippen LogP contribution is 2.43. The van der Waals surface area contributed by atoms with E-state index in [-0.39, 0.29) is 30.1 Å². The van der Waals surface area contributed by atoms with Crippen molar-refractivity contribution in [3.8, 4) is 0 Å². The normalized spacial score (nSPS) is 28.3. The van der Waals surface area contributed by atoms with Crippen LogP contribution in [0.1, 0.15) is 66.2 Å². The molecule has 3 atom stereocenters. The maximum atomic E-state index is 13.7. The topological polar surface area (TPSA) is 86.3 Å². The lowest BCUT2D eigenvalue weighted by atomic mass is 9.81. The Balaban J connectivity index is 1.81. The van der Waals surface area contributed by atoms with Crippen LogP contribution in [0.2, 0.25) is 0 Å². The molecule has 172 valence electrons. The van der Waals surface area contributed by atoms with E-state index in [1.54, 1.807) is 19.1 Å². The summed E-state index contributed by atoms with van der Waals surface area (Å²) in [6.45, 7) is 8.47. The zero-order valence-corrected chi connectivity index (χ0v) is 19.3. The smallest absolute Gasteiger partial charge is 0.408 e. The van der Waals surface area contributed by atoms with Gasteiger partial charge in [-0.15, -0.1) is 0 Å². The molecule has 2 heterocycles. The van der Waals surface area contributed by atoms with Gasteiger partial charge in [-0.05, 0) is 51.9 Å². The summed E-state index contributed by atoms with van der Waals surface area (Å²) in [7, 11) is 3.15. The minimum absolute atomic E-state index is 0.0280. The number of carbonyl (C=O) groups is 2. The van der Waals surface area contributed by atoms with Gasteiger partial charge in [-0.2, -0.15) is 0 Å². The average molecular weight is 427 g/mol. The van der Waals surface area contributed by atoms with E-state index in [1.165, 1.54) is 0 Å². The van der Waals surface area contributed by atoms with E-state index in [4.69, 9.17) is 18.9 Å². The standard InChI is InChI=1S/C22H38N2O6/c1-20(2,3)30-19(26)23-15(13-21(4)10-7-8-11-21)18(25)24-12-9-16-17(24)22(27-5,28-6)14-29-16/h15-17H,7-14H2,1-6H3,(H,23,26)/t15?,16-,17+/m1/s1. The number of methoxy groups -OCH3 is 2. The Morgan fingerprint density at radius 1 is 1.20 bits per heavy atom. The maximum absolute atomic E-state index is 13.7. The zero-order valence-electron chi connectivity index (χ0n) is 19.3. The lowest BCUT2D eigenvalue weighted by molar-refractivity contribution is -0.227. The van der Waals surface area contributed by atoms with Crippen molar-refractivity contribution in [3.63, 3.8) is 0 Å². The van der Waals surface area contributed by atoms with Crippen molar-refractivity contribution in [2.24, 2.45) is 5.41 Å². The first-order valence-electron chi connectivity index (χ1n) is 11.0. The van der Waals surface area contributed by atoms with Crippen molar-refractivity contribution in [2.75, 3.05) is 27.4 Å². The van der Waals surface area contributed by atoms with E-state index < -0.39 is 23.5 Å². The van der Waals surface area contributed by atoms with Crippen molar-refractivity contribution in [1.82, 2.24) is 10.2 Å². The Kier molecular flexibility index (Phi) is 6.70. The molecule has 3 aliphatic rings. The molecule has 2 aliphatic heterocycles. The van der Waals surface area contributed by atoms with Crippen molar-refractivity contribution in [1.29, 1.82) is 0 Å². The number of ether oxygens (including phenoxy) is 4. The number of hydrogen-bond acceptors (Lipinski definition) is 6. The van der Waals surface area contributed by atoms with Gasteiger partial charge in [0, 0.05) is 20.8 Å². The number of fused-ring (bicyclic) bond motifs is 1. The molecule has 3 fully saturated rings. The molecule has 0 radical (unpaired) electrons. The summed E-state index contributed by atoms with van der Waals surface area (Å²) in [5, 5.41) is 2.87. The van der Waals surface area contributed by atoms with Gasteiger partial charge in [0.1, 0.15) is 24.3 Å². The number of hydrogen-bond donors (Lipinski definition) is 1. The van der Waals surface area contributed by atoms with E-state index in [0.717, 1.165) is 32.1 Å². The van der Waals surface area contributed by atoms with Crippen molar-refractivity contribution < 1.29 is 28.5 Å². The molecule has 0 bridgehead atoms. The van der Waals surface area contributed by atoms with Gasteiger partial charge in [0.15, 0.2) is 0 Å². The van der Waals surface area contributed by atoms with Gasteiger partial charge in [-0.25, -0.2) is 4.79 Å². The van der Waals surface area contributed by atoms with Gasteiger partial charge in [-0.1, -0.05) is 19.8 Å². The number of rotatable bonds is 6. The van der Waals surface area contributed by atoms with Gasteiger partial charge in [0.25, 0.3) is 0 Å². The fraction of sp³-hybridized carbons (Fsp3) is 0.909. The van der Waals surface area contributed by atoms with Crippen LogP contribution in [-0.4, -0.2) is 73.8 Å². The second kappa shape index (κ2) is 8.63. The van der Waals surface area contributed by atoms with Gasteiger partial charge < -0.3 is 29.2 Å². The molecule has 1 N–H and O–H groups in total. The van der Waals surface area contributed by atoms with Crippen molar-refractivity contribution in [3.05, 3.63) is 0 Å². The van der Waals surface area contributed by atoms with Crippen molar-refractivity contribution in [2.45, 2.75) is 95.8 Å². The van der Waals surface area contributed by atoms with E-state index in [0.29, 0.717) is 13.0 Å². The molecule has 30 heavy (non-hydrogen) atoms. The molecule has 2 amide bonds. The summed E-state index contributed by atoms with van der Waals surface area (Å²) in [4.78, 5) is 28.1. The fourth-order valence-electron chi connectivity index (χ4n) is 5.23. The first-order chi connectivity index (χ1) is 14.0. The molecule has 3 rings (SSSR count). The van der Waals surface area contributed by atoms with Crippen molar-refractivity contribution >= 4 is 12.0 Å². The monoisotopic (exact) mass is 426 g/mol. The second-order valence-corrected chi connectivity index (χ2v) is 10.3. The Bertz CT molecular complexity index is 636. The molecule has 0 aromatic heterocycles. The number of amides is 2. The van der Waals surface area contributed by atoms with E-state index >= 15 is 0 Å². The fourth-order valence-corrected chi connectivity index (χ4v) is 5.23. The average Bonchev–Trinajstić information content (AvgIpc) is 3.35. The van der Waals surface area contributed by atoms with Crippen LogP contribution in [0.4, 0.5) is 4.79 Å². The molecular formula is C22H38N2O6. The number of likely N-dealkylation sites (tertiary alicyclic amines) is 1. The molecule has 0 aromatic rings. The highest BCUT2D eigenvalue weighted by molar-refractivity contribution is 5.86. The molecule has 8 heteroatoms. The summed E-state index contributed by atoms with van der Waals surface area (Å²) in [6.07, 6.45) is 5.05. The predicted octanol–water partition coefficient (Wildman–Crippen LogP) is 2.84. The van der Waals surface area contributed by atoms with E-state index in [2.05, 4.69) is 12.2 Å². The first kappa shape index (κ1) is 23.3. The molecule has 2 saturated heterocycles. The van der Waals surface area contributed by atoms with E-state index in [1.807, 2.05) is 20.8 Å². The molecular weight excluding hydrogens is 388 g/mol. The van der Waals surface area contributed by atoms with Crippen LogP contribution >= 0.6 is 0 Å². The van der Waals surface area contributed by atoms with Crippen LogP contribution in [0.5, 0.6) is 0 Å². The highest BCUT2D eigenvalue weighted by Gasteiger charge is 2.58. The molecule has 8 nitrogen and oxygen atoms in total. The van der Waals surface area contributed by atoms with Crippen LogP contribution in [-0.2, 0) is 23.7 Å². The third kappa shape index (κ3) is 4.75. The molecule has 1 unspecified atom stereocenters. The van der Waals surface area contributed by atoms with E-state index in [9.17, 15) is 9.59 Å². The summed E-state index contributed by atoms with van der Waals surface area (Å²) >= 11 is 0. The lowest BCUT2D eigenvalue weighted by Gasteiger charge is -2.38. The summed E-state index contributed by atoms with van der Waals surface area (Å²) in [5.41, 5.74) is -0.603. The van der Waals surface area contributed by atoms with Gasteiger partial charge in [0.2, 0.25) is 11.7 Å². The minimum Gasteiger partial charge on any atom is -0.444 e. The van der Waals surface area contributed by atoms with Crippen LogP contribution < -0.4 is 5.32 Å². The minimum atomic E-state index is -0.982. The first-order valence-corrected chi connectivity index (χ1v) is 11.0. The summed E-state index contributed by atoms with van der Waals surface area (Å²) < 4.78 is 22.7. The van der Waals surface area contributed by atoms with Gasteiger partial charge >= 0.3 is 6.09 Å². The predicted molar refractivity (Wildman–Crippen MR) is 111 cm³/mol. The number of alkyl carbamates (subject to hydrolysis) is 1. The van der Waals surface area contributed by atoms with Gasteiger partial charge in [0.05, 0.1) is 6.10 Å². The second-order valence-electron chi connectivity index (χ2n) is 10.3. The van der Waals surface area contributed by atoms with Gasteiger partial charge in [-0.3, -0.25) is 4.79 Å². The zero-order chi connectivity index (χ0) is 22.2. The Hall–Kier alpha value is -1.38. The molecule has 0 aromatic carbocycles. The Morgan fingerprint density at radius 3 is 2.40 bits per heavy atom. The maximum Gasteiger partial charge on any atom is 0.408 e. The van der Waals surface area contributed by atoms with Crippen LogP contribution in [0.25, 0.3) is 0 Å². The SMILES string of the molecule is COC1(OC)CO[C@@H]2CCN(C(=O)C(CC3(C)CCCC3)NC(=O)OC(C)(C)C)[C@@H]21. The third-order valence-corrected chi connectivity index (χ3v) is 6.76. The highest BCUT2D eigenvalue weighted by atomic mass is 16.7.